The Hall–Kier alpha value is -1.43. The van der Waals surface area contributed by atoms with Crippen LogP contribution in [0, 0.1) is 11.7 Å². The van der Waals surface area contributed by atoms with E-state index in [9.17, 15) is 14.0 Å². The minimum atomic E-state index is -0.964. The van der Waals surface area contributed by atoms with Crippen molar-refractivity contribution >= 4 is 27.8 Å². The highest BCUT2D eigenvalue weighted by Gasteiger charge is 2.18. The first-order chi connectivity index (χ1) is 9.31. The average molecular weight is 346 g/mol. The summed E-state index contributed by atoms with van der Waals surface area (Å²) in [4.78, 5) is 24.4. The van der Waals surface area contributed by atoms with Gasteiger partial charge in [-0.25, -0.2) is 4.39 Å². The summed E-state index contributed by atoms with van der Waals surface area (Å²) in [6, 6.07) is 4.14. The van der Waals surface area contributed by atoms with E-state index in [1.165, 1.54) is 17.0 Å². The molecule has 0 heterocycles. The van der Waals surface area contributed by atoms with Crippen molar-refractivity contribution in [3.63, 3.8) is 0 Å². The normalized spacial score (nSPS) is 10.7. The molecule has 0 fully saturated rings. The number of carboxylic acid groups (broad SMARTS) is 1. The van der Waals surface area contributed by atoms with Crippen molar-refractivity contribution in [1.29, 1.82) is 0 Å². The SMILES string of the molecule is CC(C)CN(CCC(=O)O)C(=O)c1ccc(Br)c(F)c1. The van der Waals surface area contributed by atoms with Gasteiger partial charge in [0.1, 0.15) is 5.82 Å². The van der Waals surface area contributed by atoms with E-state index in [0.717, 1.165) is 6.07 Å². The quantitative estimate of drug-likeness (QED) is 0.861. The first kappa shape index (κ1) is 16.6. The number of carbonyl (C=O) groups is 2. The summed E-state index contributed by atoms with van der Waals surface area (Å²) in [6.07, 6.45) is -0.128. The summed E-state index contributed by atoms with van der Waals surface area (Å²) in [6.45, 7) is 4.42. The third-order valence-electron chi connectivity index (χ3n) is 2.63. The van der Waals surface area contributed by atoms with Crippen molar-refractivity contribution in [1.82, 2.24) is 4.90 Å². The lowest BCUT2D eigenvalue weighted by Gasteiger charge is -2.24. The molecule has 1 aromatic carbocycles. The van der Waals surface area contributed by atoms with Crippen LogP contribution in [0.4, 0.5) is 4.39 Å². The van der Waals surface area contributed by atoms with Crippen LogP contribution in [0.15, 0.2) is 22.7 Å². The molecule has 0 aliphatic rings. The predicted molar refractivity (Wildman–Crippen MR) is 77.1 cm³/mol. The number of aliphatic carboxylic acids is 1. The molecule has 0 bridgehead atoms. The van der Waals surface area contributed by atoms with Crippen LogP contribution in [0.3, 0.4) is 0 Å². The second kappa shape index (κ2) is 7.38. The molecule has 110 valence electrons. The topological polar surface area (TPSA) is 57.6 Å². The summed E-state index contributed by atoms with van der Waals surface area (Å²) in [5.41, 5.74) is 0.219. The van der Waals surface area contributed by atoms with E-state index in [4.69, 9.17) is 5.11 Å². The second-order valence-corrected chi connectivity index (χ2v) is 5.77. The number of nitrogens with zero attached hydrogens (tertiary/aromatic N) is 1. The van der Waals surface area contributed by atoms with Gasteiger partial charge in [-0.2, -0.15) is 0 Å². The van der Waals surface area contributed by atoms with Crippen LogP contribution in [-0.4, -0.2) is 35.0 Å². The van der Waals surface area contributed by atoms with Crippen LogP contribution in [0.2, 0.25) is 0 Å². The van der Waals surface area contributed by atoms with E-state index in [1.807, 2.05) is 13.8 Å². The monoisotopic (exact) mass is 345 g/mol. The Labute approximate surface area is 125 Å². The van der Waals surface area contributed by atoms with Gasteiger partial charge < -0.3 is 10.0 Å². The molecule has 20 heavy (non-hydrogen) atoms. The Morgan fingerprint density at radius 3 is 2.55 bits per heavy atom. The molecule has 1 N–H and O–H groups in total. The molecular weight excluding hydrogens is 329 g/mol. The first-order valence-corrected chi connectivity index (χ1v) is 7.06. The molecule has 0 unspecified atom stereocenters. The number of halogens is 2. The van der Waals surface area contributed by atoms with E-state index >= 15 is 0 Å². The van der Waals surface area contributed by atoms with Gasteiger partial charge in [0.05, 0.1) is 10.9 Å². The predicted octanol–water partition coefficient (Wildman–Crippen LogP) is 3.16. The molecule has 4 nitrogen and oxygen atoms in total. The Morgan fingerprint density at radius 1 is 1.40 bits per heavy atom. The maximum atomic E-state index is 13.5. The molecular formula is C14H17BrFNO3. The second-order valence-electron chi connectivity index (χ2n) is 4.92. The van der Waals surface area contributed by atoms with Crippen molar-refractivity contribution in [2.75, 3.05) is 13.1 Å². The van der Waals surface area contributed by atoms with Crippen molar-refractivity contribution in [3.8, 4) is 0 Å². The number of hydrogen-bond acceptors (Lipinski definition) is 2. The highest BCUT2D eigenvalue weighted by Crippen LogP contribution is 2.18. The Bertz CT molecular complexity index is 505. The number of rotatable bonds is 6. The summed E-state index contributed by atoms with van der Waals surface area (Å²) in [5.74, 6) is -1.63. The molecule has 0 radical (unpaired) electrons. The highest BCUT2D eigenvalue weighted by atomic mass is 79.9. The molecule has 0 aromatic heterocycles. The van der Waals surface area contributed by atoms with Crippen molar-refractivity contribution in [2.45, 2.75) is 20.3 Å². The Morgan fingerprint density at radius 2 is 2.05 bits per heavy atom. The number of carboxylic acids is 1. The number of carbonyl (C=O) groups excluding carboxylic acids is 1. The van der Waals surface area contributed by atoms with Gasteiger partial charge in [0.15, 0.2) is 0 Å². The number of amides is 1. The van der Waals surface area contributed by atoms with Gasteiger partial charge in [0, 0.05) is 18.7 Å². The number of benzene rings is 1. The highest BCUT2D eigenvalue weighted by molar-refractivity contribution is 9.10. The molecule has 1 rings (SSSR count). The molecule has 0 spiro atoms. The van der Waals surface area contributed by atoms with Gasteiger partial charge in [-0.05, 0) is 40.0 Å². The zero-order valence-corrected chi connectivity index (χ0v) is 13.0. The fourth-order valence-electron chi connectivity index (χ4n) is 1.76. The molecule has 6 heteroatoms. The maximum Gasteiger partial charge on any atom is 0.305 e. The summed E-state index contributed by atoms with van der Waals surface area (Å²) >= 11 is 3.03. The van der Waals surface area contributed by atoms with Crippen molar-refractivity contribution in [2.24, 2.45) is 5.92 Å². The molecule has 0 saturated heterocycles. The lowest BCUT2D eigenvalue weighted by molar-refractivity contribution is -0.137. The zero-order valence-electron chi connectivity index (χ0n) is 11.4. The fourth-order valence-corrected chi connectivity index (χ4v) is 2.01. The van der Waals surface area contributed by atoms with E-state index < -0.39 is 11.8 Å². The maximum absolute atomic E-state index is 13.5. The molecule has 0 aliphatic heterocycles. The molecule has 1 aromatic rings. The van der Waals surface area contributed by atoms with Crippen LogP contribution in [-0.2, 0) is 4.79 Å². The minimum absolute atomic E-state index is 0.115. The van der Waals surface area contributed by atoms with Gasteiger partial charge in [0.2, 0.25) is 0 Å². The van der Waals surface area contributed by atoms with E-state index in [-0.39, 0.29) is 34.8 Å². The third kappa shape index (κ3) is 4.92. The van der Waals surface area contributed by atoms with Gasteiger partial charge in [-0.1, -0.05) is 13.8 Å². The van der Waals surface area contributed by atoms with E-state index in [0.29, 0.717) is 6.54 Å². The largest absolute Gasteiger partial charge is 0.481 e. The van der Waals surface area contributed by atoms with Crippen LogP contribution in [0.25, 0.3) is 0 Å². The van der Waals surface area contributed by atoms with Crippen LogP contribution >= 0.6 is 15.9 Å². The van der Waals surface area contributed by atoms with Crippen LogP contribution < -0.4 is 0 Å². The smallest absolute Gasteiger partial charge is 0.305 e. The van der Waals surface area contributed by atoms with Gasteiger partial charge in [0.25, 0.3) is 5.91 Å². The third-order valence-corrected chi connectivity index (χ3v) is 3.28. The van der Waals surface area contributed by atoms with Crippen LogP contribution in [0.5, 0.6) is 0 Å². The van der Waals surface area contributed by atoms with Crippen molar-refractivity contribution < 1.29 is 19.1 Å². The molecule has 0 saturated carbocycles. The fraction of sp³-hybridized carbons (Fsp3) is 0.429. The lowest BCUT2D eigenvalue weighted by atomic mass is 10.1. The van der Waals surface area contributed by atoms with Gasteiger partial charge >= 0.3 is 5.97 Å². The van der Waals surface area contributed by atoms with Crippen LogP contribution in [0.1, 0.15) is 30.6 Å². The molecule has 0 atom stereocenters. The number of hydrogen-bond donors (Lipinski definition) is 1. The molecule has 1 amide bonds. The molecule has 0 aliphatic carbocycles. The van der Waals surface area contributed by atoms with Crippen molar-refractivity contribution in [3.05, 3.63) is 34.1 Å². The van der Waals surface area contributed by atoms with E-state index in [1.54, 1.807) is 0 Å². The first-order valence-electron chi connectivity index (χ1n) is 6.27. The van der Waals surface area contributed by atoms with E-state index in [2.05, 4.69) is 15.9 Å². The Kier molecular flexibility index (Phi) is 6.13. The summed E-state index contributed by atoms with van der Waals surface area (Å²) in [5, 5.41) is 8.73. The lowest BCUT2D eigenvalue weighted by Crippen LogP contribution is -2.36. The minimum Gasteiger partial charge on any atom is -0.481 e. The summed E-state index contributed by atoms with van der Waals surface area (Å²) < 4.78 is 13.8. The zero-order chi connectivity index (χ0) is 15.3. The van der Waals surface area contributed by atoms with Gasteiger partial charge in [-0.3, -0.25) is 9.59 Å². The standard InChI is InChI=1S/C14H17BrFNO3/c1-9(2)8-17(6-5-13(18)19)14(20)10-3-4-11(15)12(16)7-10/h3-4,7,9H,5-6,8H2,1-2H3,(H,18,19). The Balaban J connectivity index is 2.90. The average Bonchev–Trinajstić information content (AvgIpc) is 2.36. The summed E-state index contributed by atoms with van der Waals surface area (Å²) in [7, 11) is 0. The van der Waals surface area contributed by atoms with Gasteiger partial charge in [-0.15, -0.1) is 0 Å².